The van der Waals surface area contributed by atoms with E-state index < -0.39 is 33.8 Å². The number of nitrogens with one attached hydrogen (secondary N) is 1. The molecule has 1 saturated carbocycles. The predicted octanol–water partition coefficient (Wildman–Crippen LogP) is 3.07. The van der Waals surface area contributed by atoms with Gasteiger partial charge >= 0.3 is 6.18 Å². The van der Waals surface area contributed by atoms with Crippen molar-refractivity contribution in [3.8, 4) is 0 Å². The first-order valence-electron chi connectivity index (χ1n) is 5.49. The third-order valence-corrected chi connectivity index (χ3v) is 3.28. The molecule has 1 aromatic rings. The van der Waals surface area contributed by atoms with Gasteiger partial charge in [0.15, 0.2) is 0 Å². The molecule has 0 atom stereocenters. The van der Waals surface area contributed by atoms with E-state index in [4.69, 9.17) is 11.6 Å². The van der Waals surface area contributed by atoms with E-state index in [1.54, 1.807) is 0 Å². The Kier molecular flexibility index (Phi) is 3.37. The lowest BCUT2D eigenvalue weighted by Gasteiger charge is -2.20. The molecule has 0 bridgehead atoms. The molecule has 0 unspecified atom stereocenters. The number of alkyl halides is 3. The van der Waals surface area contributed by atoms with Crippen molar-refractivity contribution >= 4 is 23.2 Å². The fourth-order valence-corrected chi connectivity index (χ4v) is 1.91. The Hall–Kier alpha value is -1.83. The van der Waals surface area contributed by atoms with Gasteiger partial charge in [0.25, 0.3) is 11.6 Å². The Morgan fingerprint density at radius 2 is 2.00 bits per heavy atom. The summed E-state index contributed by atoms with van der Waals surface area (Å²) in [4.78, 5) is 21.8. The molecule has 0 spiro atoms. The molecule has 1 aromatic carbocycles. The van der Waals surface area contributed by atoms with Crippen LogP contribution in [0, 0.1) is 10.1 Å². The Balaban J connectivity index is 2.31. The number of nitro groups is 1. The van der Waals surface area contributed by atoms with E-state index in [0.717, 1.165) is 12.1 Å². The van der Waals surface area contributed by atoms with E-state index in [-0.39, 0.29) is 17.9 Å². The molecule has 5 nitrogen and oxygen atoms in total. The predicted molar refractivity (Wildman–Crippen MR) is 63.6 cm³/mol. The third kappa shape index (κ3) is 2.55. The molecule has 1 fully saturated rings. The van der Waals surface area contributed by atoms with Crippen molar-refractivity contribution in [2.75, 3.05) is 0 Å². The molecule has 0 radical (unpaired) electrons. The molecule has 9 heteroatoms. The van der Waals surface area contributed by atoms with E-state index in [1.165, 1.54) is 6.07 Å². The zero-order valence-electron chi connectivity index (χ0n) is 9.83. The molecule has 2 rings (SSSR count). The second-order valence-corrected chi connectivity index (χ2v) is 4.89. The van der Waals surface area contributed by atoms with E-state index >= 15 is 0 Å². The molecular formula is C11H8ClF3N2O3. The molecule has 1 N–H and O–H groups in total. The molecule has 20 heavy (non-hydrogen) atoms. The van der Waals surface area contributed by atoms with Crippen LogP contribution in [0.3, 0.4) is 0 Å². The molecule has 0 aliphatic heterocycles. The van der Waals surface area contributed by atoms with Gasteiger partial charge in [-0.1, -0.05) is 11.6 Å². The first kappa shape index (κ1) is 14.6. The van der Waals surface area contributed by atoms with E-state index in [0.29, 0.717) is 0 Å². The summed E-state index contributed by atoms with van der Waals surface area (Å²) in [7, 11) is 0. The fraction of sp³-hybridized carbons (Fsp3) is 0.364. The van der Waals surface area contributed by atoms with Crippen LogP contribution >= 0.6 is 11.6 Å². The van der Waals surface area contributed by atoms with E-state index in [9.17, 15) is 28.1 Å². The molecule has 1 amide bonds. The Labute approximate surface area is 115 Å². The number of carbonyl (C=O) groups excluding carboxylic acids is 1. The molecule has 1 aliphatic carbocycles. The number of carbonyl (C=O) groups is 1. The third-order valence-electron chi connectivity index (χ3n) is 3.05. The number of benzene rings is 1. The van der Waals surface area contributed by atoms with Crippen molar-refractivity contribution in [1.82, 2.24) is 5.32 Å². The Morgan fingerprint density at radius 1 is 1.40 bits per heavy atom. The SMILES string of the molecule is O=C(NC1(C(F)(F)F)CC1)c1cc(Cl)ccc1[N+](=O)[O-]. The zero-order chi connectivity index (χ0) is 15.1. The topological polar surface area (TPSA) is 72.2 Å². The highest BCUT2D eigenvalue weighted by Gasteiger charge is 2.64. The van der Waals surface area contributed by atoms with Crippen molar-refractivity contribution in [3.05, 3.63) is 38.9 Å². The average Bonchev–Trinajstić information content (AvgIpc) is 3.08. The van der Waals surface area contributed by atoms with Gasteiger partial charge in [-0.15, -0.1) is 0 Å². The smallest absolute Gasteiger partial charge is 0.338 e. The summed E-state index contributed by atoms with van der Waals surface area (Å²) in [6.45, 7) is 0. The minimum atomic E-state index is -4.59. The molecular weight excluding hydrogens is 301 g/mol. The average molecular weight is 309 g/mol. The van der Waals surface area contributed by atoms with Gasteiger partial charge in [-0.2, -0.15) is 13.2 Å². The number of nitrogens with zero attached hydrogens (tertiary/aromatic N) is 1. The summed E-state index contributed by atoms with van der Waals surface area (Å²) >= 11 is 5.62. The van der Waals surface area contributed by atoms with Crippen LogP contribution in [-0.4, -0.2) is 22.5 Å². The Morgan fingerprint density at radius 3 is 2.45 bits per heavy atom. The first-order chi connectivity index (χ1) is 9.16. The number of amides is 1. The summed E-state index contributed by atoms with van der Waals surface area (Å²) in [5.41, 5.74) is -3.36. The molecule has 108 valence electrons. The second-order valence-electron chi connectivity index (χ2n) is 4.45. The second kappa shape index (κ2) is 4.62. The van der Waals surface area contributed by atoms with E-state index in [1.807, 2.05) is 5.32 Å². The van der Waals surface area contributed by atoms with Crippen LogP contribution in [-0.2, 0) is 0 Å². The van der Waals surface area contributed by atoms with Crippen molar-refractivity contribution in [3.63, 3.8) is 0 Å². The summed E-state index contributed by atoms with van der Waals surface area (Å²) in [5.74, 6) is -1.16. The standard InChI is InChI=1S/C11H8ClF3N2O3/c12-6-1-2-8(17(19)20)7(5-6)9(18)16-10(3-4-10)11(13,14)15/h1-2,5H,3-4H2,(H,16,18). The molecule has 0 heterocycles. The van der Waals surface area contributed by atoms with Crippen LogP contribution < -0.4 is 5.32 Å². The summed E-state index contributed by atoms with van der Waals surface area (Å²) in [6.07, 6.45) is -5.07. The van der Waals surface area contributed by atoms with Gasteiger partial charge in [0, 0.05) is 11.1 Å². The van der Waals surface area contributed by atoms with Crippen molar-refractivity contribution in [2.24, 2.45) is 0 Å². The van der Waals surface area contributed by atoms with Gasteiger partial charge in [-0.25, -0.2) is 0 Å². The van der Waals surface area contributed by atoms with E-state index in [2.05, 4.69) is 0 Å². The maximum atomic E-state index is 12.7. The lowest BCUT2D eigenvalue weighted by Crippen LogP contribution is -2.47. The minimum Gasteiger partial charge on any atom is -0.338 e. The van der Waals surface area contributed by atoms with Crippen LogP contribution in [0.5, 0.6) is 0 Å². The van der Waals surface area contributed by atoms with Crippen molar-refractivity contribution < 1.29 is 22.9 Å². The van der Waals surface area contributed by atoms with Gasteiger partial charge in [-0.3, -0.25) is 14.9 Å². The quantitative estimate of drug-likeness (QED) is 0.689. The molecule has 0 aromatic heterocycles. The number of rotatable bonds is 3. The molecule has 1 aliphatic rings. The van der Waals surface area contributed by atoms with Crippen molar-refractivity contribution in [2.45, 2.75) is 24.6 Å². The van der Waals surface area contributed by atoms with Crippen LogP contribution in [0.1, 0.15) is 23.2 Å². The maximum absolute atomic E-state index is 12.7. The number of hydrogen-bond acceptors (Lipinski definition) is 3. The normalized spacial score (nSPS) is 16.6. The van der Waals surface area contributed by atoms with Crippen LogP contribution in [0.4, 0.5) is 18.9 Å². The van der Waals surface area contributed by atoms with Crippen LogP contribution in [0.25, 0.3) is 0 Å². The maximum Gasteiger partial charge on any atom is 0.411 e. The van der Waals surface area contributed by atoms with Crippen LogP contribution in [0.2, 0.25) is 5.02 Å². The molecule has 0 saturated heterocycles. The van der Waals surface area contributed by atoms with Crippen molar-refractivity contribution in [1.29, 1.82) is 0 Å². The minimum absolute atomic E-state index is 0.0256. The largest absolute Gasteiger partial charge is 0.411 e. The number of hydrogen-bond donors (Lipinski definition) is 1. The highest BCUT2D eigenvalue weighted by atomic mass is 35.5. The number of halogens is 4. The van der Waals surface area contributed by atoms with Gasteiger partial charge in [0.2, 0.25) is 0 Å². The Bertz CT molecular complexity index is 585. The highest BCUT2D eigenvalue weighted by molar-refractivity contribution is 6.31. The van der Waals surface area contributed by atoms with Crippen LogP contribution in [0.15, 0.2) is 18.2 Å². The summed E-state index contributed by atoms with van der Waals surface area (Å²) in [5, 5.41) is 12.6. The van der Waals surface area contributed by atoms with Gasteiger partial charge in [0.05, 0.1) is 4.92 Å². The summed E-state index contributed by atoms with van der Waals surface area (Å²) < 4.78 is 38.2. The summed E-state index contributed by atoms with van der Waals surface area (Å²) in [6, 6.07) is 3.14. The monoisotopic (exact) mass is 308 g/mol. The zero-order valence-corrected chi connectivity index (χ0v) is 10.6. The lowest BCUT2D eigenvalue weighted by molar-refractivity contribution is -0.385. The fourth-order valence-electron chi connectivity index (χ4n) is 1.74. The first-order valence-corrected chi connectivity index (χ1v) is 5.87. The lowest BCUT2D eigenvalue weighted by atomic mass is 10.1. The van der Waals surface area contributed by atoms with Gasteiger partial charge in [-0.05, 0) is 25.0 Å². The number of nitro benzene ring substituents is 1. The highest BCUT2D eigenvalue weighted by Crippen LogP contribution is 2.49. The van der Waals surface area contributed by atoms with Gasteiger partial charge < -0.3 is 5.32 Å². The van der Waals surface area contributed by atoms with Gasteiger partial charge in [0.1, 0.15) is 11.1 Å².